The minimum absolute atomic E-state index is 0. The molecule has 0 heterocycles. The number of ether oxygens (including phenoxy) is 2. The summed E-state index contributed by atoms with van der Waals surface area (Å²) in [5.41, 5.74) is 12.7. The van der Waals surface area contributed by atoms with Gasteiger partial charge in [-0.05, 0) is 67.8 Å². The molecule has 0 aromatic heterocycles. The van der Waals surface area contributed by atoms with Crippen molar-refractivity contribution < 1.29 is 9.47 Å². The Morgan fingerprint density at radius 3 is 1.32 bits per heavy atom. The van der Waals surface area contributed by atoms with E-state index in [9.17, 15) is 0 Å². The molecule has 0 aliphatic heterocycles. The fourth-order valence-corrected chi connectivity index (χ4v) is 1.89. The van der Waals surface area contributed by atoms with Crippen molar-refractivity contribution in [2.45, 2.75) is 19.3 Å². The zero-order chi connectivity index (χ0) is 14.9. The van der Waals surface area contributed by atoms with E-state index in [1.54, 1.807) is 0 Å². The Hall–Kier alpha value is -2.07. The van der Waals surface area contributed by atoms with E-state index in [2.05, 4.69) is 0 Å². The average Bonchev–Trinajstić information content (AvgIpc) is 2.50. The van der Waals surface area contributed by atoms with Gasteiger partial charge in [0.2, 0.25) is 0 Å². The molecule has 0 fully saturated rings. The Kier molecular flexibility index (Phi) is 8.00. The molecule has 4 nitrogen and oxygen atoms in total. The van der Waals surface area contributed by atoms with Gasteiger partial charge in [0.05, 0.1) is 13.2 Å². The van der Waals surface area contributed by atoms with Gasteiger partial charge >= 0.3 is 0 Å². The molecule has 0 amide bonds. The largest absolute Gasteiger partial charge is 0.494 e. The molecule has 0 spiro atoms. The van der Waals surface area contributed by atoms with Gasteiger partial charge in [-0.1, -0.05) is 0 Å². The lowest BCUT2D eigenvalue weighted by Gasteiger charge is -2.08. The van der Waals surface area contributed by atoms with Crippen molar-refractivity contribution in [1.82, 2.24) is 0 Å². The van der Waals surface area contributed by atoms with Crippen LogP contribution < -0.4 is 20.9 Å². The number of hydrogen-bond donors (Lipinski definition) is 2. The number of hydrogen-bond acceptors (Lipinski definition) is 4. The zero-order valence-corrected chi connectivity index (χ0v) is 13.4. The number of rotatable bonds is 8. The second kappa shape index (κ2) is 9.79. The van der Waals surface area contributed by atoms with Gasteiger partial charge in [-0.3, -0.25) is 0 Å². The van der Waals surface area contributed by atoms with Crippen molar-refractivity contribution in [3.63, 3.8) is 0 Å². The molecule has 0 radical (unpaired) electrons. The fraction of sp³-hybridized carbons (Fsp3) is 0.294. The van der Waals surface area contributed by atoms with Crippen LogP contribution in [0.1, 0.15) is 19.3 Å². The van der Waals surface area contributed by atoms with Crippen molar-refractivity contribution >= 4 is 23.8 Å². The summed E-state index contributed by atoms with van der Waals surface area (Å²) in [4.78, 5) is 0. The van der Waals surface area contributed by atoms with Crippen LogP contribution in [-0.2, 0) is 0 Å². The van der Waals surface area contributed by atoms with E-state index in [1.165, 1.54) is 0 Å². The van der Waals surface area contributed by atoms with Gasteiger partial charge in [0.25, 0.3) is 0 Å². The van der Waals surface area contributed by atoms with Gasteiger partial charge in [-0.2, -0.15) is 0 Å². The predicted octanol–water partition coefficient (Wildman–Crippen LogP) is 3.90. The highest BCUT2D eigenvalue weighted by Gasteiger charge is 1.96. The minimum atomic E-state index is 0. The normalized spacial score (nSPS) is 9.82. The van der Waals surface area contributed by atoms with Gasteiger partial charge in [-0.15, -0.1) is 12.4 Å². The summed E-state index contributed by atoms with van der Waals surface area (Å²) in [5.74, 6) is 1.73. The van der Waals surface area contributed by atoms with E-state index >= 15 is 0 Å². The van der Waals surface area contributed by atoms with Crippen LogP contribution in [0.2, 0.25) is 0 Å². The van der Waals surface area contributed by atoms with Crippen LogP contribution in [0.15, 0.2) is 48.5 Å². The lowest BCUT2D eigenvalue weighted by molar-refractivity contribution is 0.279. The lowest BCUT2D eigenvalue weighted by atomic mass is 10.2. The Labute approximate surface area is 137 Å². The standard InChI is InChI=1S/C17H22N2O2.ClH/c18-14-4-8-16(9-5-14)20-12-2-1-3-13-21-17-10-6-15(19)7-11-17;/h4-11H,1-3,12-13,18-19H2;1H. The molecule has 0 bridgehead atoms. The first-order chi connectivity index (χ1) is 10.2. The highest BCUT2D eigenvalue weighted by molar-refractivity contribution is 5.85. The lowest BCUT2D eigenvalue weighted by Crippen LogP contribution is -2.01. The van der Waals surface area contributed by atoms with Crippen LogP contribution in [0.25, 0.3) is 0 Å². The summed E-state index contributed by atoms with van der Waals surface area (Å²) < 4.78 is 11.3. The topological polar surface area (TPSA) is 70.5 Å². The van der Waals surface area contributed by atoms with Crippen LogP contribution in [0, 0.1) is 0 Å². The second-order valence-corrected chi connectivity index (χ2v) is 4.90. The van der Waals surface area contributed by atoms with Crippen LogP contribution in [0.3, 0.4) is 0 Å². The Morgan fingerprint density at radius 1 is 0.591 bits per heavy atom. The molecule has 22 heavy (non-hydrogen) atoms. The first kappa shape index (κ1) is 18.0. The van der Waals surface area contributed by atoms with E-state index in [0.29, 0.717) is 13.2 Å². The number of anilines is 2. The number of benzene rings is 2. The SMILES string of the molecule is Cl.Nc1ccc(OCCCCCOc2ccc(N)cc2)cc1. The number of nitrogen functional groups attached to an aromatic ring is 2. The summed E-state index contributed by atoms with van der Waals surface area (Å²) in [7, 11) is 0. The Bertz CT molecular complexity index is 480. The maximum atomic E-state index is 5.63. The third-order valence-electron chi connectivity index (χ3n) is 3.09. The van der Waals surface area contributed by atoms with Crippen LogP contribution in [0.4, 0.5) is 11.4 Å². The molecule has 5 heteroatoms. The Balaban J connectivity index is 0.00000242. The maximum Gasteiger partial charge on any atom is 0.119 e. The van der Waals surface area contributed by atoms with Gasteiger partial charge in [0.1, 0.15) is 11.5 Å². The van der Waals surface area contributed by atoms with E-state index in [-0.39, 0.29) is 12.4 Å². The maximum absolute atomic E-state index is 5.63. The summed E-state index contributed by atoms with van der Waals surface area (Å²) >= 11 is 0. The highest BCUT2D eigenvalue weighted by atomic mass is 35.5. The number of unbranched alkanes of at least 4 members (excludes halogenated alkanes) is 2. The molecule has 2 rings (SSSR count). The predicted molar refractivity (Wildman–Crippen MR) is 93.8 cm³/mol. The van der Waals surface area contributed by atoms with E-state index < -0.39 is 0 Å². The van der Waals surface area contributed by atoms with E-state index in [0.717, 1.165) is 42.1 Å². The van der Waals surface area contributed by atoms with Crippen molar-refractivity contribution in [2.75, 3.05) is 24.7 Å². The smallest absolute Gasteiger partial charge is 0.119 e. The first-order valence-electron chi connectivity index (χ1n) is 7.21. The van der Waals surface area contributed by atoms with Crippen LogP contribution >= 0.6 is 12.4 Å². The van der Waals surface area contributed by atoms with Crippen molar-refractivity contribution in [3.05, 3.63) is 48.5 Å². The molecular weight excluding hydrogens is 300 g/mol. The molecule has 2 aromatic carbocycles. The number of halogens is 1. The van der Waals surface area contributed by atoms with Gasteiger partial charge in [0.15, 0.2) is 0 Å². The zero-order valence-electron chi connectivity index (χ0n) is 12.5. The molecule has 0 saturated heterocycles. The second-order valence-electron chi connectivity index (χ2n) is 4.90. The molecular formula is C17H23ClN2O2. The third kappa shape index (κ3) is 6.59. The van der Waals surface area contributed by atoms with Gasteiger partial charge < -0.3 is 20.9 Å². The summed E-state index contributed by atoms with van der Waals surface area (Å²) in [6.45, 7) is 1.43. The molecule has 2 aromatic rings. The van der Waals surface area contributed by atoms with Crippen molar-refractivity contribution in [2.24, 2.45) is 0 Å². The minimum Gasteiger partial charge on any atom is -0.494 e. The monoisotopic (exact) mass is 322 g/mol. The van der Waals surface area contributed by atoms with Crippen molar-refractivity contribution in [3.8, 4) is 11.5 Å². The molecule has 0 aliphatic rings. The quantitative estimate of drug-likeness (QED) is 0.571. The average molecular weight is 323 g/mol. The van der Waals surface area contributed by atoms with E-state index in [4.69, 9.17) is 20.9 Å². The molecule has 0 atom stereocenters. The first-order valence-corrected chi connectivity index (χ1v) is 7.21. The van der Waals surface area contributed by atoms with E-state index in [1.807, 2.05) is 48.5 Å². The van der Waals surface area contributed by atoms with Gasteiger partial charge in [-0.25, -0.2) is 0 Å². The molecule has 120 valence electrons. The van der Waals surface area contributed by atoms with Crippen LogP contribution in [-0.4, -0.2) is 13.2 Å². The molecule has 4 N–H and O–H groups in total. The highest BCUT2D eigenvalue weighted by Crippen LogP contribution is 2.15. The summed E-state index contributed by atoms with van der Waals surface area (Å²) in [5, 5.41) is 0. The molecule has 0 saturated carbocycles. The summed E-state index contributed by atoms with van der Waals surface area (Å²) in [6, 6.07) is 14.9. The van der Waals surface area contributed by atoms with Gasteiger partial charge in [0, 0.05) is 11.4 Å². The molecule has 0 aliphatic carbocycles. The Morgan fingerprint density at radius 2 is 0.955 bits per heavy atom. The number of nitrogens with two attached hydrogens (primary N) is 2. The van der Waals surface area contributed by atoms with Crippen LogP contribution in [0.5, 0.6) is 11.5 Å². The fourth-order valence-electron chi connectivity index (χ4n) is 1.89. The molecule has 0 unspecified atom stereocenters. The summed E-state index contributed by atoms with van der Waals surface area (Å²) in [6.07, 6.45) is 3.09. The third-order valence-corrected chi connectivity index (χ3v) is 3.09. The van der Waals surface area contributed by atoms with Crippen molar-refractivity contribution in [1.29, 1.82) is 0 Å².